The van der Waals surface area contributed by atoms with Crippen molar-refractivity contribution in [1.29, 1.82) is 0 Å². The van der Waals surface area contributed by atoms with Crippen LogP contribution in [-0.2, 0) is 0 Å². The van der Waals surface area contributed by atoms with Gasteiger partial charge in [-0.25, -0.2) is 0 Å². The van der Waals surface area contributed by atoms with Gasteiger partial charge >= 0.3 is 0 Å². The summed E-state index contributed by atoms with van der Waals surface area (Å²) in [6.45, 7) is 6.75. The number of rotatable bonds is 4. The van der Waals surface area contributed by atoms with E-state index in [0.29, 0.717) is 4.75 Å². The first-order chi connectivity index (χ1) is 5.33. The Morgan fingerprint density at radius 1 is 1.64 bits per heavy atom. The van der Waals surface area contributed by atoms with E-state index < -0.39 is 0 Å². The maximum atomic E-state index is 3.42. The van der Waals surface area contributed by atoms with Crippen molar-refractivity contribution in [2.45, 2.75) is 18.1 Å². The van der Waals surface area contributed by atoms with Gasteiger partial charge in [0.05, 0.1) is 0 Å². The fourth-order valence-corrected chi connectivity index (χ4v) is 2.27. The average molecular weight is 174 g/mol. The highest BCUT2D eigenvalue weighted by atomic mass is 32.2. The van der Waals surface area contributed by atoms with E-state index in [1.807, 2.05) is 11.8 Å². The van der Waals surface area contributed by atoms with Crippen molar-refractivity contribution in [3.63, 3.8) is 0 Å². The first kappa shape index (κ1) is 9.36. The minimum absolute atomic E-state index is 0.482. The van der Waals surface area contributed by atoms with E-state index in [-0.39, 0.29) is 0 Å². The number of thioether (sulfide) groups is 1. The van der Waals surface area contributed by atoms with Crippen LogP contribution in [0.2, 0.25) is 0 Å². The van der Waals surface area contributed by atoms with Gasteiger partial charge in [-0.15, -0.1) is 0 Å². The van der Waals surface area contributed by atoms with E-state index in [9.17, 15) is 0 Å². The van der Waals surface area contributed by atoms with Gasteiger partial charge in [-0.05, 0) is 25.8 Å². The van der Waals surface area contributed by atoms with Gasteiger partial charge in [0.1, 0.15) is 0 Å². The molecule has 1 rings (SSSR count). The van der Waals surface area contributed by atoms with E-state index in [0.717, 1.165) is 13.1 Å². The summed E-state index contributed by atoms with van der Waals surface area (Å²) in [7, 11) is 0. The van der Waals surface area contributed by atoms with E-state index in [4.69, 9.17) is 0 Å². The lowest BCUT2D eigenvalue weighted by Gasteiger charge is -2.25. The van der Waals surface area contributed by atoms with E-state index in [1.165, 1.54) is 19.5 Å². The summed E-state index contributed by atoms with van der Waals surface area (Å²) in [5.41, 5.74) is 0. The summed E-state index contributed by atoms with van der Waals surface area (Å²) in [6.07, 6.45) is 3.52. The Kier molecular flexibility index (Phi) is 3.69. The highest BCUT2D eigenvalue weighted by molar-refractivity contribution is 8.00. The lowest BCUT2D eigenvalue weighted by molar-refractivity contribution is 0.568. The Morgan fingerprint density at radius 3 is 2.91 bits per heavy atom. The molecule has 0 aromatic heterocycles. The highest BCUT2D eigenvalue weighted by Crippen LogP contribution is 2.28. The summed E-state index contributed by atoms with van der Waals surface area (Å²) in [5, 5.41) is 6.83. The minimum atomic E-state index is 0.482. The molecule has 0 saturated carbocycles. The molecule has 66 valence electrons. The van der Waals surface area contributed by atoms with Crippen LogP contribution < -0.4 is 10.6 Å². The van der Waals surface area contributed by atoms with Crippen molar-refractivity contribution >= 4 is 11.8 Å². The van der Waals surface area contributed by atoms with Crippen molar-refractivity contribution in [1.82, 2.24) is 10.6 Å². The predicted octanol–water partition coefficient (Wildman–Crippen LogP) is 0.691. The highest BCUT2D eigenvalue weighted by Gasteiger charge is 2.31. The smallest absolute Gasteiger partial charge is 0.0417 e. The zero-order chi connectivity index (χ0) is 8.16. The standard InChI is InChI=1S/C8H18N2S/c1-3-9-6-8(11-2)4-5-10-7-8/h9-10H,3-7H2,1-2H3. The molecule has 1 fully saturated rings. The van der Waals surface area contributed by atoms with Crippen LogP contribution in [0.5, 0.6) is 0 Å². The van der Waals surface area contributed by atoms with Crippen molar-refractivity contribution in [3.05, 3.63) is 0 Å². The van der Waals surface area contributed by atoms with Gasteiger partial charge in [-0.2, -0.15) is 11.8 Å². The lowest BCUT2D eigenvalue weighted by atomic mass is 10.1. The van der Waals surface area contributed by atoms with Crippen LogP contribution >= 0.6 is 11.8 Å². The molecule has 0 aliphatic carbocycles. The molecule has 1 saturated heterocycles. The molecule has 3 heteroatoms. The first-order valence-corrected chi connectivity index (χ1v) is 5.52. The molecule has 11 heavy (non-hydrogen) atoms. The molecular weight excluding hydrogens is 156 g/mol. The van der Waals surface area contributed by atoms with E-state index in [2.05, 4.69) is 23.8 Å². The summed E-state index contributed by atoms with van der Waals surface area (Å²) in [6, 6.07) is 0. The van der Waals surface area contributed by atoms with Crippen molar-refractivity contribution in [3.8, 4) is 0 Å². The topological polar surface area (TPSA) is 24.1 Å². The molecule has 1 atom stereocenters. The van der Waals surface area contributed by atoms with E-state index in [1.54, 1.807) is 0 Å². The molecular formula is C8H18N2S. The fraction of sp³-hybridized carbons (Fsp3) is 1.00. The Hall–Kier alpha value is 0.270. The molecule has 1 heterocycles. The number of hydrogen-bond acceptors (Lipinski definition) is 3. The lowest BCUT2D eigenvalue weighted by Crippen LogP contribution is -2.39. The van der Waals surface area contributed by atoms with Gasteiger partial charge in [-0.3, -0.25) is 0 Å². The van der Waals surface area contributed by atoms with Crippen molar-refractivity contribution in [2.75, 3.05) is 32.4 Å². The van der Waals surface area contributed by atoms with Crippen LogP contribution in [0.3, 0.4) is 0 Å². The second-order valence-corrected chi connectivity index (χ2v) is 4.37. The van der Waals surface area contributed by atoms with E-state index >= 15 is 0 Å². The third kappa shape index (κ3) is 2.36. The van der Waals surface area contributed by atoms with Crippen LogP contribution in [0.15, 0.2) is 0 Å². The monoisotopic (exact) mass is 174 g/mol. The molecule has 2 nitrogen and oxygen atoms in total. The van der Waals surface area contributed by atoms with Crippen LogP contribution in [0.25, 0.3) is 0 Å². The summed E-state index contributed by atoms with van der Waals surface area (Å²) in [4.78, 5) is 0. The number of hydrogen-bond donors (Lipinski definition) is 2. The Labute approximate surface area is 73.5 Å². The van der Waals surface area contributed by atoms with Crippen LogP contribution in [0.1, 0.15) is 13.3 Å². The van der Waals surface area contributed by atoms with Gasteiger partial charge in [0.15, 0.2) is 0 Å². The molecule has 0 radical (unpaired) electrons. The quantitative estimate of drug-likeness (QED) is 0.656. The average Bonchev–Trinajstić information content (AvgIpc) is 2.50. The molecule has 1 aliphatic rings. The SMILES string of the molecule is CCNCC1(SC)CCNC1. The molecule has 0 aromatic rings. The Balaban J connectivity index is 2.33. The third-order valence-corrected chi connectivity index (χ3v) is 3.69. The maximum Gasteiger partial charge on any atom is 0.0417 e. The zero-order valence-corrected chi connectivity index (χ0v) is 8.26. The van der Waals surface area contributed by atoms with Gasteiger partial charge < -0.3 is 10.6 Å². The van der Waals surface area contributed by atoms with Crippen molar-refractivity contribution < 1.29 is 0 Å². The van der Waals surface area contributed by atoms with Crippen LogP contribution in [0, 0.1) is 0 Å². The Bertz CT molecular complexity index is 111. The predicted molar refractivity (Wildman–Crippen MR) is 52.3 cm³/mol. The van der Waals surface area contributed by atoms with Crippen LogP contribution in [0.4, 0.5) is 0 Å². The van der Waals surface area contributed by atoms with Gasteiger partial charge in [0.25, 0.3) is 0 Å². The van der Waals surface area contributed by atoms with Gasteiger partial charge in [0, 0.05) is 17.8 Å². The van der Waals surface area contributed by atoms with Gasteiger partial charge in [0.2, 0.25) is 0 Å². The third-order valence-electron chi connectivity index (χ3n) is 2.33. The fourth-order valence-electron chi connectivity index (χ4n) is 1.47. The first-order valence-electron chi connectivity index (χ1n) is 4.29. The summed E-state index contributed by atoms with van der Waals surface area (Å²) < 4.78 is 0.482. The second-order valence-electron chi connectivity index (χ2n) is 3.09. The molecule has 1 unspecified atom stereocenters. The maximum absolute atomic E-state index is 3.42. The summed E-state index contributed by atoms with van der Waals surface area (Å²) in [5.74, 6) is 0. The van der Waals surface area contributed by atoms with Crippen LogP contribution in [-0.4, -0.2) is 37.2 Å². The molecule has 0 bridgehead atoms. The van der Waals surface area contributed by atoms with Crippen molar-refractivity contribution in [2.24, 2.45) is 0 Å². The normalized spacial score (nSPS) is 31.1. The molecule has 0 aromatic carbocycles. The minimum Gasteiger partial charge on any atom is -0.316 e. The largest absolute Gasteiger partial charge is 0.316 e. The molecule has 2 N–H and O–H groups in total. The summed E-state index contributed by atoms with van der Waals surface area (Å²) >= 11 is 1.99. The molecule has 0 spiro atoms. The van der Waals surface area contributed by atoms with Gasteiger partial charge in [-0.1, -0.05) is 6.92 Å². The molecule has 1 aliphatic heterocycles. The Morgan fingerprint density at radius 2 is 2.45 bits per heavy atom. The zero-order valence-electron chi connectivity index (χ0n) is 7.44. The second kappa shape index (κ2) is 4.33. The number of nitrogens with one attached hydrogen (secondary N) is 2. The molecule has 0 amide bonds.